The molecule has 166 valence electrons. The molecule has 1 aliphatic carbocycles. The molecule has 4 heteroatoms. The van der Waals surface area contributed by atoms with E-state index >= 15 is 0 Å². The Hall–Kier alpha value is -2.20. The van der Waals surface area contributed by atoms with E-state index in [2.05, 4.69) is 45.9 Å². The third-order valence-corrected chi connectivity index (χ3v) is 7.01. The van der Waals surface area contributed by atoms with Gasteiger partial charge in [-0.25, -0.2) is 4.79 Å². The molecule has 0 saturated heterocycles. The van der Waals surface area contributed by atoms with Crippen LogP contribution in [0.3, 0.4) is 0 Å². The standard InChI is InChI=1S/C27H34O3S/c1-26(2)14-15-27(3,4)24-17-20(10-13-23(24)26)21(7-5-6-16-31)18-30-22-11-8-19(9-12-22)25(28)29/h8-13,16-17,21H,5-7,14-15,18H2,1-4H3,(H,28,29). The van der Waals surface area contributed by atoms with Gasteiger partial charge in [0.25, 0.3) is 0 Å². The van der Waals surface area contributed by atoms with E-state index in [0.717, 1.165) is 19.3 Å². The van der Waals surface area contributed by atoms with Gasteiger partial charge in [0.2, 0.25) is 0 Å². The number of thiocarbonyl (C=S) groups is 1. The third-order valence-electron chi connectivity index (χ3n) is 6.78. The molecule has 1 unspecified atom stereocenters. The number of fused-ring (bicyclic) bond motifs is 1. The van der Waals surface area contributed by atoms with E-state index in [0.29, 0.717) is 12.4 Å². The number of benzene rings is 2. The lowest BCUT2D eigenvalue weighted by atomic mass is 9.62. The van der Waals surface area contributed by atoms with Crippen LogP contribution < -0.4 is 4.74 Å². The molecule has 2 aromatic carbocycles. The summed E-state index contributed by atoms with van der Waals surface area (Å²) in [6.07, 6.45) is 5.35. The SMILES string of the molecule is CC1(C)CCC(C)(C)c2cc(C(CCCC=S)COc3ccc(C(=O)O)cc3)ccc21. The first kappa shape index (κ1) is 23.5. The molecule has 1 N–H and O–H groups in total. The van der Waals surface area contributed by atoms with Crippen molar-refractivity contribution in [3.63, 3.8) is 0 Å². The fourth-order valence-electron chi connectivity index (χ4n) is 4.54. The summed E-state index contributed by atoms with van der Waals surface area (Å²) in [6, 6.07) is 13.7. The fraction of sp³-hybridized carbons (Fsp3) is 0.481. The van der Waals surface area contributed by atoms with Gasteiger partial charge < -0.3 is 9.84 Å². The Bertz CT molecular complexity index is 928. The van der Waals surface area contributed by atoms with Crippen LogP contribution >= 0.6 is 12.2 Å². The molecule has 0 aromatic heterocycles. The fourth-order valence-corrected chi connectivity index (χ4v) is 4.71. The Morgan fingerprint density at radius 3 is 2.32 bits per heavy atom. The van der Waals surface area contributed by atoms with E-state index in [4.69, 9.17) is 22.1 Å². The lowest BCUT2D eigenvalue weighted by Crippen LogP contribution is -2.34. The van der Waals surface area contributed by atoms with Crippen LogP contribution in [0.5, 0.6) is 5.75 Å². The van der Waals surface area contributed by atoms with E-state index in [9.17, 15) is 4.79 Å². The second kappa shape index (κ2) is 9.52. The van der Waals surface area contributed by atoms with E-state index in [1.165, 1.54) is 29.5 Å². The first-order valence-electron chi connectivity index (χ1n) is 11.2. The number of unbranched alkanes of at least 4 members (excludes halogenated alkanes) is 1. The number of rotatable bonds is 9. The minimum atomic E-state index is -0.927. The molecule has 0 heterocycles. The second-order valence-electron chi connectivity index (χ2n) is 10.0. The van der Waals surface area contributed by atoms with Crippen LogP contribution in [-0.4, -0.2) is 23.1 Å². The third kappa shape index (κ3) is 5.54. The molecule has 0 bridgehead atoms. The molecule has 0 aliphatic heterocycles. The lowest BCUT2D eigenvalue weighted by Gasteiger charge is -2.42. The van der Waals surface area contributed by atoms with Gasteiger partial charge in [-0.15, -0.1) is 0 Å². The molecule has 1 atom stereocenters. The highest BCUT2D eigenvalue weighted by molar-refractivity contribution is 7.78. The summed E-state index contributed by atoms with van der Waals surface area (Å²) in [7, 11) is 0. The zero-order chi connectivity index (χ0) is 22.6. The van der Waals surface area contributed by atoms with Crippen LogP contribution in [0.4, 0.5) is 0 Å². The predicted molar refractivity (Wildman–Crippen MR) is 131 cm³/mol. The first-order valence-corrected chi connectivity index (χ1v) is 11.7. The van der Waals surface area contributed by atoms with E-state index < -0.39 is 5.97 Å². The molecule has 0 radical (unpaired) electrons. The van der Waals surface area contributed by atoms with Gasteiger partial charge in [-0.05, 0) is 89.3 Å². The molecule has 0 amide bonds. The average Bonchev–Trinajstić information content (AvgIpc) is 2.74. The summed E-state index contributed by atoms with van der Waals surface area (Å²) in [5, 5.41) is 10.9. The van der Waals surface area contributed by atoms with Crippen LogP contribution in [0.25, 0.3) is 0 Å². The number of hydrogen-bond acceptors (Lipinski definition) is 3. The maximum Gasteiger partial charge on any atom is 0.335 e. The van der Waals surface area contributed by atoms with Gasteiger partial charge in [0.15, 0.2) is 0 Å². The van der Waals surface area contributed by atoms with Crippen molar-refractivity contribution in [1.82, 2.24) is 0 Å². The van der Waals surface area contributed by atoms with Crippen LogP contribution in [-0.2, 0) is 10.8 Å². The lowest BCUT2D eigenvalue weighted by molar-refractivity contribution is 0.0697. The quantitative estimate of drug-likeness (QED) is 0.336. The van der Waals surface area contributed by atoms with E-state index in [1.54, 1.807) is 29.6 Å². The van der Waals surface area contributed by atoms with Crippen molar-refractivity contribution in [2.24, 2.45) is 0 Å². The zero-order valence-corrected chi connectivity index (χ0v) is 19.9. The average molecular weight is 439 g/mol. The Labute approximate surface area is 191 Å². The molecule has 3 rings (SSSR count). The smallest absolute Gasteiger partial charge is 0.335 e. The number of aromatic carboxylic acids is 1. The highest BCUT2D eigenvalue weighted by Crippen LogP contribution is 2.46. The van der Waals surface area contributed by atoms with E-state index in [-0.39, 0.29) is 22.3 Å². The summed E-state index contributed by atoms with van der Waals surface area (Å²) in [4.78, 5) is 11.1. The van der Waals surface area contributed by atoms with Gasteiger partial charge in [-0.2, -0.15) is 0 Å². The molecule has 3 nitrogen and oxygen atoms in total. The van der Waals surface area contributed by atoms with Gasteiger partial charge in [-0.1, -0.05) is 58.1 Å². The molecule has 2 aromatic rings. The monoisotopic (exact) mass is 438 g/mol. The van der Waals surface area contributed by atoms with E-state index in [1.807, 2.05) is 0 Å². The van der Waals surface area contributed by atoms with Crippen LogP contribution in [0.2, 0.25) is 0 Å². The number of ether oxygens (including phenoxy) is 1. The molecule has 0 fully saturated rings. The minimum Gasteiger partial charge on any atom is -0.493 e. The van der Waals surface area contributed by atoms with Crippen molar-refractivity contribution in [3.05, 3.63) is 64.7 Å². The predicted octanol–water partition coefficient (Wildman–Crippen LogP) is 7.07. The van der Waals surface area contributed by atoms with Gasteiger partial charge in [0, 0.05) is 5.92 Å². The molecule has 31 heavy (non-hydrogen) atoms. The van der Waals surface area contributed by atoms with Crippen LogP contribution in [0.15, 0.2) is 42.5 Å². The van der Waals surface area contributed by atoms with Gasteiger partial charge >= 0.3 is 5.97 Å². The van der Waals surface area contributed by atoms with Crippen molar-refractivity contribution in [2.45, 2.75) is 76.5 Å². The number of carboxylic acids is 1. The van der Waals surface area contributed by atoms with Crippen LogP contribution in [0, 0.1) is 0 Å². The number of carbonyl (C=O) groups is 1. The topological polar surface area (TPSA) is 46.5 Å². The Kier molecular flexibility index (Phi) is 7.20. The molecular formula is C27H34O3S. The first-order chi connectivity index (χ1) is 14.6. The summed E-state index contributed by atoms with van der Waals surface area (Å²) >= 11 is 5.03. The summed E-state index contributed by atoms with van der Waals surface area (Å²) < 4.78 is 6.10. The summed E-state index contributed by atoms with van der Waals surface area (Å²) in [5.41, 5.74) is 4.90. The molecular weight excluding hydrogens is 404 g/mol. The van der Waals surface area contributed by atoms with Gasteiger partial charge in [0.1, 0.15) is 5.75 Å². The summed E-state index contributed by atoms with van der Waals surface area (Å²) in [5.74, 6) is 0.0358. The Balaban J connectivity index is 1.84. The largest absolute Gasteiger partial charge is 0.493 e. The Morgan fingerprint density at radius 1 is 1.06 bits per heavy atom. The zero-order valence-electron chi connectivity index (χ0n) is 19.1. The maximum absolute atomic E-state index is 11.1. The summed E-state index contributed by atoms with van der Waals surface area (Å²) in [6.45, 7) is 9.97. The highest BCUT2D eigenvalue weighted by Gasteiger charge is 2.37. The molecule has 0 spiro atoms. The number of carboxylic acid groups (broad SMARTS) is 1. The number of hydrogen-bond donors (Lipinski definition) is 1. The van der Waals surface area contributed by atoms with Gasteiger partial charge in [-0.3, -0.25) is 0 Å². The normalized spacial score (nSPS) is 17.4. The maximum atomic E-state index is 11.1. The van der Waals surface area contributed by atoms with Crippen molar-refractivity contribution >= 4 is 23.6 Å². The Morgan fingerprint density at radius 2 is 1.71 bits per heavy atom. The molecule has 1 aliphatic rings. The van der Waals surface area contributed by atoms with Crippen molar-refractivity contribution in [3.8, 4) is 5.75 Å². The highest BCUT2D eigenvalue weighted by atomic mass is 32.1. The molecule has 0 saturated carbocycles. The second-order valence-corrected chi connectivity index (χ2v) is 10.3. The minimum absolute atomic E-state index is 0.174. The van der Waals surface area contributed by atoms with Gasteiger partial charge in [0.05, 0.1) is 12.2 Å². The van der Waals surface area contributed by atoms with Crippen LogP contribution in [0.1, 0.15) is 92.8 Å². The van der Waals surface area contributed by atoms with Crippen molar-refractivity contribution in [2.75, 3.05) is 6.61 Å². The van der Waals surface area contributed by atoms with Crippen molar-refractivity contribution < 1.29 is 14.6 Å². The van der Waals surface area contributed by atoms with Crippen molar-refractivity contribution in [1.29, 1.82) is 0 Å².